The van der Waals surface area contributed by atoms with Gasteiger partial charge in [0.1, 0.15) is 16.9 Å². The molecule has 0 aromatic heterocycles. The number of ether oxygens (including phenoxy) is 1. The van der Waals surface area contributed by atoms with Crippen molar-refractivity contribution in [3.05, 3.63) is 11.4 Å². The molecular formula is C27H36N6O6. The van der Waals surface area contributed by atoms with Crippen molar-refractivity contribution in [2.45, 2.75) is 62.9 Å². The number of hydrogen-bond acceptors (Lipinski definition) is 8. The second-order valence-electron chi connectivity index (χ2n) is 13.0. The zero-order valence-corrected chi connectivity index (χ0v) is 22.3. The molecule has 7 aliphatic rings. The number of hydrogen-bond donors (Lipinski definition) is 2. The fourth-order valence-electron chi connectivity index (χ4n) is 8.50. The molecule has 7 amide bonds. The van der Waals surface area contributed by atoms with E-state index in [1.54, 1.807) is 11.9 Å². The van der Waals surface area contributed by atoms with Gasteiger partial charge in [0.2, 0.25) is 0 Å². The first kappa shape index (κ1) is 24.9. The van der Waals surface area contributed by atoms with Crippen LogP contribution in [0.5, 0.6) is 0 Å². The first-order valence-corrected chi connectivity index (χ1v) is 14.2. The summed E-state index contributed by atoms with van der Waals surface area (Å²) in [6.07, 6.45) is 6.00. The van der Waals surface area contributed by atoms with Crippen LogP contribution in [0.3, 0.4) is 0 Å². The van der Waals surface area contributed by atoms with Crippen LogP contribution in [-0.2, 0) is 19.1 Å². The second kappa shape index (κ2) is 8.18. The molecule has 4 saturated carbocycles. The molecular weight excluding hydrogens is 504 g/mol. The maximum Gasteiger partial charge on any atom is 0.334 e. The highest BCUT2D eigenvalue weighted by Gasteiger charge is 2.68. The van der Waals surface area contributed by atoms with Gasteiger partial charge in [-0.05, 0) is 74.5 Å². The van der Waals surface area contributed by atoms with Crippen LogP contribution < -0.4 is 11.5 Å². The summed E-state index contributed by atoms with van der Waals surface area (Å²) in [5.41, 5.74) is 10.3. The third-order valence-corrected chi connectivity index (χ3v) is 11.0. The molecule has 2 unspecified atom stereocenters. The van der Waals surface area contributed by atoms with Crippen LogP contribution in [0.15, 0.2) is 11.4 Å². The van der Waals surface area contributed by atoms with Crippen molar-refractivity contribution in [3.63, 3.8) is 0 Å². The summed E-state index contributed by atoms with van der Waals surface area (Å²) < 4.78 is 5.29. The van der Waals surface area contributed by atoms with Crippen molar-refractivity contribution in [1.29, 1.82) is 0 Å². The van der Waals surface area contributed by atoms with Gasteiger partial charge in [0.25, 0.3) is 17.7 Å². The van der Waals surface area contributed by atoms with Crippen LogP contribution in [0.1, 0.15) is 51.4 Å². The molecule has 0 aromatic carbocycles. The highest BCUT2D eigenvalue weighted by Crippen LogP contribution is 2.62. The minimum Gasteiger partial charge on any atom is -0.385 e. The molecule has 0 bridgehead atoms. The number of likely N-dealkylation sites (N-methyl/N-ethyl adjacent to an activating group) is 1. The predicted octanol–water partition coefficient (Wildman–Crippen LogP) is 0.564. The molecule has 7 fully saturated rings. The monoisotopic (exact) mass is 540 g/mol. The van der Waals surface area contributed by atoms with Crippen molar-refractivity contribution in [2.24, 2.45) is 40.6 Å². The lowest BCUT2D eigenvalue weighted by atomic mass is 9.51. The van der Waals surface area contributed by atoms with Crippen molar-refractivity contribution < 1.29 is 28.7 Å². The number of urea groups is 2. The number of nitrogens with zero attached hydrogens (tertiary/aromatic N) is 4. The molecule has 7 rings (SSSR count). The van der Waals surface area contributed by atoms with Crippen LogP contribution in [0, 0.1) is 29.1 Å². The Labute approximate surface area is 226 Å². The average Bonchev–Trinajstić information content (AvgIpc) is 3.28. The number of fused-ring (bicyclic) bond motifs is 1. The van der Waals surface area contributed by atoms with Gasteiger partial charge >= 0.3 is 12.1 Å². The molecule has 0 aromatic rings. The third-order valence-electron chi connectivity index (χ3n) is 11.0. The molecule has 2 atom stereocenters. The van der Waals surface area contributed by atoms with Gasteiger partial charge in [-0.25, -0.2) is 9.59 Å². The maximum absolute atomic E-state index is 13.6. The van der Waals surface area contributed by atoms with E-state index in [9.17, 15) is 24.0 Å². The molecule has 3 heterocycles. The molecule has 39 heavy (non-hydrogen) atoms. The van der Waals surface area contributed by atoms with E-state index in [1.807, 2.05) is 0 Å². The average molecular weight is 541 g/mol. The van der Waals surface area contributed by atoms with E-state index in [2.05, 4.69) is 0 Å². The van der Waals surface area contributed by atoms with Crippen LogP contribution in [0.4, 0.5) is 9.59 Å². The third kappa shape index (κ3) is 3.36. The Morgan fingerprint density at radius 1 is 0.897 bits per heavy atom. The SMILES string of the molecule is CN1C(=O)N(CC2COC2)C2(CC3(CCC(N4C(=O)C(=C(N)N)C(=O)N(CC5C6CCC65)C4=O)CC3)C2)C1=O. The van der Waals surface area contributed by atoms with E-state index in [0.717, 1.165) is 25.7 Å². The Morgan fingerprint density at radius 3 is 2.08 bits per heavy atom. The molecule has 2 spiro atoms. The Morgan fingerprint density at radius 2 is 1.54 bits per heavy atom. The summed E-state index contributed by atoms with van der Waals surface area (Å²) in [6, 6.07) is -1.19. The minimum absolute atomic E-state index is 0.123. The summed E-state index contributed by atoms with van der Waals surface area (Å²) in [5, 5.41) is 0. The first-order valence-electron chi connectivity index (χ1n) is 14.2. The van der Waals surface area contributed by atoms with Gasteiger partial charge in [-0.15, -0.1) is 0 Å². The summed E-state index contributed by atoms with van der Waals surface area (Å²) in [4.78, 5) is 71.5. The summed E-state index contributed by atoms with van der Waals surface area (Å²) in [6.45, 7) is 2.03. The Bertz CT molecular complexity index is 1200. The number of carbonyl (C=O) groups excluding carboxylic acids is 5. The number of carbonyl (C=O) groups is 5. The van der Waals surface area contributed by atoms with E-state index >= 15 is 0 Å². The number of nitrogens with two attached hydrogens (primary N) is 2. The van der Waals surface area contributed by atoms with E-state index in [4.69, 9.17) is 16.2 Å². The van der Waals surface area contributed by atoms with Gasteiger partial charge in [-0.1, -0.05) is 0 Å². The molecule has 12 nitrogen and oxygen atoms in total. The summed E-state index contributed by atoms with van der Waals surface area (Å²) in [5.74, 6) is -0.205. The highest BCUT2D eigenvalue weighted by atomic mass is 16.5. The summed E-state index contributed by atoms with van der Waals surface area (Å²) in [7, 11) is 1.55. The van der Waals surface area contributed by atoms with Crippen molar-refractivity contribution >= 4 is 29.8 Å². The second-order valence-corrected chi connectivity index (χ2v) is 13.0. The molecule has 12 heteroatoms. The lowest BCUT2D eigenvalue weighted by Crippen LogP contribution is -2.66. The Kier molecular flexibility index (Phi) is 5.22. The van der Waals surface area contributed by atoms with Crippen LogP contribution in [0.2, 0.25) is 0 Å². The maximum atomic E-state index is 13.6. The van der Waals surface area contributed by atoms with Gasteiger partial charge in [-0.2, -0.15) is 0 Å². The van der Waals surface area contributed by atoms with Crippen LogP contribution >= 0.6 is 0 Å². The van der Waals surface area contributed by atoms with Crippen LogP contribution in [-0.4, -0.2) is 94.3 Å². The largest absolute Gasteiger partial charge is 0.385 e. The fraction of sp³-hybridized carbons (Fsp3) is 0.741. The smallest absolute Gasteiger partial charge is 0.334 e. The minimum atomic E-state index is -0.804. The Balaban J connectivity index is 1.06. The highest BCUT2D eigenvalue weighted by molar-refractivity contribution is 6.29. The molecule has 4 aliphatic carbocycles. The zero-order valence-electron chi connectivity index (χ0n) is 22.3. The number of amides is 7. The van der Waals surface area contributed by atoms with E-state index in [-0.39, 0.29) is 40.7 Å². The fourth-order valence-corrected chi connectivity index (χ4v) is 8.50. The molecule has 3 aliphatic heterocycles. The zero-order chi connectivity index (χ0) is 27.4. The number of barbiturate groups is 1. The molecule has 0 radical (unpaired) electrons. The van der Waals surface area contributed by atoms with Crippen LogP contribution in [0.25, 0.3) is 0 Å². The van der Waals surface area contributed by atoms with Crippen molar-refractivity contribution in [2.75, 3.05) is 33.4 Å². The van der Waals surface area contributed by atoms with Gasteiger partial charge in [-0.3, -0.25) is 29.1 Å². The number of rotatable bonds is 5. The van der Waals surface area contributed by atoms with Gasteiger partial charge in [0, 0.05) is 32.1 Å². The Hall–Kier alpha value is -3.15. The molecule has 4 N–H and O–H groups in total. The van der Waals surface area contributed by atoms with Gasteiger partial charge in [0.15, 0.2) is 0 Å². The molecule has 3 saturated heterocycles. The lowest BCUT2D eigenvalue weighted by molar-refractivity contribution is -0.153. The van der Waals surface area contributed by atoms with Gasteiger partial charge < -0.3 is 21.1 Å². The van der Waals surface area contributed by atoms with Gasteiger partial charge in [0.05, 0.1) is 13.2 Å². The van der Waals surface area contributed by atoms with E-state index in [0.29, 0.717) is 69.7 Å². The van der Waals surface area contributed by atoms with E-state index < -0.39 is 23.4 Å². The topological polar surface area (TPSA) is 160 Å². The van der Waals surface area contributed by atoms with E-state index in [1.165, 1.54) is 14.7 Å². The van der Waals surface area contributed by atoms with Crippen molar-refractivity contribution in [3.8, 4) is 0 Å². The number of imide groups is 3. The lowest BCUT2D eigenvalue weighted by Gasteiger charge is -2.59. The summed E-state index contributed by atoms with van der Waals surface area (Å²) >= 11 is 0. The first-order chi connectivity index (χ1) is 18.6. The molecule has 210 valence electrons. The van der Waals surface area contributed by atoms with Crippen molar-refractivity contribution in [1.82, 2.24) is 19.6 Å². The normalized spacial score (nSPS) is 39.8. The predicted molar refractivity (Wildman–Crippen MR) is 135 cm³/mol. The standard InChI is InChI=1S/C27H36N6O6/c1-30-23(36)27(32(24(30)37)8-14-10-39-11-14)12-26(13-27)6-4-15(5-7-26)33-22(35)19(20(28)29)21(34)31(25(33)38)9-18-16-2-3-17(16)18/h14-18H,2-13,28-29H2,1H3. The quantitative estimate of drug-likeness (QED) is 0.291.